The fourth-order valence-electron chi connectivity index (χ4n) is 12.1. The van der Waals surface area contributed by atoms with Crippen LogP contribution in [0.4, 0.5) is 0 Å². The van der Waals surface area contributed by atoms with Gasteiger partial charge in [-0.25, -0.2) is 0 Å². The van der Waals surface area contributed by atoms with Gasteiger partial charge in [-0.2, -0.15) is 0 Å². The number of ether oxygens (including phenoxy) is 2. The maximum absolute atomic E-state index is 12.9. The van der Waals surface area contributed by atoms with Gasteiger partial charge in [0.15, 0.2) is 6.10 Å². The average Bonchev–Trinajstić information content (AvgIpc) is 1.97. The third-order valence-electron chi connectivity index (χ3n) is 18.4. The van der Waals surface area contributed by atoms with E-state index in [1.54, 1.807) is 0 Å². The topological polar surface area (TPSA) is 111 Å². The van der Waals surface area contributed by atoms with Crippen molar-refractivity contribution in [2.24, 2.45) is 0 Å². The van der Waals surface area contributed by atoms with E-state index in [1.165, 1.54) is 289 Å². The minimum atomic E-state index is -4.65. The standard InChI is InChI=1S/C86H158NO8P/c1-6-8-10-12-14-16-18-20-22-24-26-28-30-32-34-36-38-39-40-41-42-43-44-45-46-47-49-50-52-54-56-58-60-62-64-66-68-70-72-74-76-78-85(88)92-82-84(83-94-96(90,91)93-81-80-87(3,4)5)95-86(89)79-77-75-73-71-69-67-65-63-61-59-57-55-53-51-48-37-35-33-31-29-27-25-23-21-19-17-15-13-11-9-7-2/h9,11,15,17,21,23-24,26-27,29,33,35,48,51,84H,6-8,10,12-14,16,18-20,22,25,28,30-32,34,36-47,49-50,52-83H2,1-5H3/b11-9-,17-15-,23-21-,26-24-,29-27-,35-33-,51-48-. The summed E-state index contributed by atoms with van der Waals surface area (Å²) in [4.78, 5) is 38.2. The molecule has 9 nitrogen and oxygen atoms in total. The van der Waals surface area contributed by atoms with E-state index >= 15 is 0 Å². The van der Waals surface area contributed by atoms with Crippen LogP contribution in [0.5, 0.6) is 0 Å². The normalized spacial score (nSPS) is 13.4. The van der Waals surface area contributed by atoms with Crippen LogP contribution < -0.4 is 4.89 Å². The highest BCUT2D eigenvalue weighted by molar-refractivity contribution is 7.45. The first-order valence-electron chi connectivity index (χ1n) is 41.3. The number of carbonyl (C=O) groups is 2. The van der Waals surface area contributed by atoms with Gasteiger partial charge in [0.25, 0.3) is 7.82 Å². The Morgan fingerprint density at radius 3 is 0.896 bits per heavy atom. The van der Waals surface area contributed by atoms with Crippen molar-refractivity contribution < 1.29 is 42.1 Å². The third-order valence-corrected chi connectivity index (χ3v) is 19.4. The van der Waals surface area contributed by atoms with Gasteiger partial charge in [-0.3, -0.25) is 14.2 Å². The number of phosphoric acid groups is 1. The van der Waals surface area contributed by atoms with E-state index in [0.29, 0.717) is 17.4 Å². The maximum Gasteiger partial charge on any atom is 0.306 e. The molecule has 0 aliphatic carbocycles. The van der Waals surface area contributed by atoms with E-state index in [4.69, 9.17) is 18.5 Å². The number of nitrogens with zero attached hydrogens (tertiary/aromatic N) is 1. The van der Waals surface area contributed by atoms with Crippen LogP contribution in [0.3, 0.4) is 0 Å². The molecule has 10 heteroatoms. The Labute approximate surface area is 596 Å². The number of likely N-dealkylation sites (N-methyl/N-ethyl adjacent to an activating group) is 1. The van der Waals surface area contributed by atoms with E-state index in [1.807, 2.05) is 21.1 Å². The van der Waals surface area contributed by atoms with Crippen LogP contribution >= 0.6 is 7.82 Å². The molecule has 0 aliphatic heterocycles. The highest BCUT2D eigenvalue weighted by Crippen LogP contribution is 2.38. The van der Waals surface area contributed by atoms with E-state index in [0.717, 1.165) is 77.0 Å². The van der Waals surface area contributed by atoms with Gasteiger partial charge in [-0.1, -0.05) is 381 Å². The van der Waals surface area contributed by atoms with Crippen molar-refractivity contribution in [3.05, 3.63) is 85.1 Å². The van der Waals surface area contributed by atoms with Crippen molar-refractivity contribution in [2.75, 3.05) is 47.5 Å². The number of esters is 2. The molecule has 0 saturated carbocycles. The molecule has 560 valence electrons. The van der Waals surface area contributed by atoms with Crippen LogP contribution in [0, 0.1) is 0 Å². The molecule has 0 aliphatic rings. The van der Waals surface area contributed by atoms with Crippen molar-refractivity contribution in [1.82, 2.24) is 0 Å². The number of hydrogen-bond acceptors (Lipinski definition) is 8. The zero-order chi connectivity index (χ0) is 69.7. The number of rotatable bonds is 77. The van der Waals surface area contributed by atoms with Crippen molar-refractivity contribution in [1.29, 1.82) is 0 Å². The Balaban J connectivity index is 3.90. The molecule has 0 aromatic rings. The molecule has 0 fully saturated rings. The molecule has 0 heterocycles. The number of quaternary nitrogens is 1. The zero-order valence-corrected chi connectivity index (χ0v) is 65.0. The van der Waals surface area contributed by atoms with Gasteiger partial charge in [0.2, 0.25) is 0 Å². The highest BCUT2D eigenvalue weighted by atomic mass is 31.2. The molecular weight excluding hydrogens is 1210 g/mol. The molecular formula is C86H158NO8P. The first kappa shape index (κ1) is 93.2. The van der Waals surface area contributed by atoms with Gasteiger partial charge in [0.05, 0.1) is 27.7 Å². The lowest BCUT2D eigenvalue weighted by Crippen LogP contribution is -2.37. The Bertz CT molecular complexity index is 1900. The molecule has 0 spiro atoms. The molecule has 0 bridgehead atoms. The summed E-state index contributed by atoms with van der Waals surface area (Å²) in [5.74, 6) is -0.820. The molecule has 2 unspecified atom stereocenters. The first-order chi connectivity index (χ1) is 47.0. The Morgan fingerprint density at radius 1 is 0.333 bits per heavy atom. The lowest BCUT2D eigenvalue weighted by molar-refractivity contribution is -0.870. The summed E-state index contributed by atoms with van der Waals surface area (Å²) in [6.07, 6.45) is 106. The summed E-state index contributed by atoms with van der Waals surface area (Å²) in [7, 11) is 1.18. The van der Waals surface area contributed by atoms with Gasteiger partial charge >= 0.3 is 11.9 Å². The van der Waals surface area contributed by atoms with Gasteiger partial charge in [0.1, 0.15) is 19.8 Å². The van der Waals surface area contributed by atoms with E-state index in [-0.39, 0.29) is 32.0 Å². The summed E-state index contributed by atoms with van der Waals surface area (Å²) in [5.41, 5.74) is 0. The van der Waals surface area contributed by atoms with Crippen molar-refractivity contribution in [3.63, 3.8) is 0 Å². The summed E-state index contributed by atoms with van der Waals surface area (Å²) in [5, 5.41) is 0. The number of allylic oxidation sites excluding steroid dienone is 14. The van der Waals surface area contributed by atoms with E-state index < -0.39 is 26.5 Å². The molecule has 2 atom stereocenters. The summed E-state index contributed by atoms with van der Waals surface area (Å²) in [6, 6.07) is 0. The van der Waals surface area contributed by atoms with Crippen LogP contribution in [-0.4, -0.2) is 70.0 Å². The average molecular weight is 1370 g/mol. The van der Waals surface area contributed by atoms with Gasteiger partial charge < -0.3 is 27.9 Å². The van der Waals surface area contributed by atoms with Crippen molar-refractivity contribution in [2.45, 2.75) is 405 Å². The minimum absolute atomic E-state index is 0.0320. The summed E-state index contributed by atoms with van der Waals surface area (Å²) >= 11 is 0. The SMILES string of the molecule is CC/C=C\C/C=C\C/C=C\C/C=C\C/C=C\C/C=C\CCCCCCCCCCCCCCC(=O)OC(COC(=O)CCCCCCCCCCCCCCCCCCCCCCCCCCCCCCC/C=C\CCCCCCCCCC)COP(=O)([O-])OCC[N+](C)(C)C. The lowest BCUT2D eigenvalue weighted by atomic mass is 10.0. The first-order valence-corrected chi connectivity index (χ1v) is 42.8. The number of phosphoric ester groups is 1. The van der Waals surface area contributed by atoms with Crippen LogP contribution in [-0.2, 0) is 32.7 Å². The largest absolute Gasteiger partial charge is 0.756 e. The van der Waals surface area contributed by atoms with Crippen molar-refractivity contribution in [3.8, 4) is 0 Å². The quantitative estimate of drug-likeness (QED) is 0.0195. The van der Waals surface area contributed by atoms with Gasteiger partial charge in [0, 0.05) is 12.8 Å². The van der Waals surface area contributed by atoms with Crippen LogP contribution in [0.25, 0.3) is 0 Å². The Morgan fingerprint density at radius 2 is 0.594 bits per heavy atom. The summed E-state index contributed by atoms with van der Waals surface area (Å²) < 4.78 is 34.4. The van der Waals surface area contributed by atoms with Crippen molar-refractivity contribution >= 4 is 19.8 Å². The third kappa shape index (κ3) is 80.2. The molecule has 0 aromatic heterocycles. The van der Waals surface area contributed by atoms with E-state index in [2.05, 4.69) is 98.9 Å². The maximum atomic E-state index is 12.9. The molecule has 0 saturated heterocycles. The second kappa shape index (κ2) is 76.4. The minimum Gasteiger partial charge on any atom is -0.756 e. The predicted octanol–water partition coefficient (Wildman–Crippen LogP) is 27.0. The van der Waals surface area contributed by atoms with Crippen LogP contribution in [0.15, 0.2) is 85.1 Å². The summed E-state index contributed by atoms with van der Waals surface area (Å²) in [6.45, 7) is 4.18. The molecule has 0 amide bonds. The molecule has 96 heavy (non-hydrogen) atoms. The van der Waals surface area contributed by atoms with Crippen LogP contribution in [0.1, 0.15) is 399 Å². The Hall–Kier alpha value is -2.81. The smallest absolute Gasteiger partial charge is 0.306 e. The fourth-order valence-corrected chi connectivity index (χ4v) is 12.9. The van der Waals surface area contributed by atoms with Gasteiger partial charge in [-0.15, -0.1) is 0 Å². The lowest BCUT2D eigenvalue weighted by Gasteiger charge is -2.28. The zero-order valence-electron chi connectivity index (χ0n) is 64.1. The predicted molar refractivity (Wildman–Crippen MR) is 416 cm³/mol. The molecule has 0 radical (unpaired) electrons. The molecule has 0 N–H and O–H groups in total. The second-order valence-corrected chi connectivity index (χ2v) is 30.5. The monoisotopic (exact) mass is 1360 g/mol. The van der Waals surface area contributed by atoms with Gasteiger partial charge in [-0.05, 0) is 89.9 Å². The number of carbonyl (C=O) groups excluding carboxylic acids is 2. The highest BCUT2D eigenvalue weighted by Gasteiger charge is 2.22. The number of unbranched alkanes of at least 4 members (excludes halogenated alkanes) is 49. The van der Waals surface area contributed by atoms with E-state index in [9.17, 15) is 19.0 Å². The molecule has 0 rings (SSSR count). The number of hydrogen-bond donors (Lipinski definition) is 0. The Kier molecular flexibility index (Phi) is 74.1. The van der Waals surface area contributed by atoms with Crippen LogP contribution in [0.2, 0.25) is 0 Å². The molecule has 0 aromatic carbocycles. The second-order valence-electron chi connectivity index (χ2n) is 29.1. The fraction of sp³-hybridized carbons (Fsp3) is 0.814.